The van der Waals surface area contributed by atoms with Crippen molar-refractivity contribution in [2.75, 3.05) is 49.9 Å². The van der Waals surface area contributed by atoms with Crippen LogP contribution in [0.2, 0.25) is 5.02 Å². The normalized spacial score (nSPS) is 16.3. The number of carbonyl (C=O) groups excluding carboxylic acids is 2. The standard InChI is InChI=1S/C34H40ClN9O3/c1-2-24-20-23(21-28(35)30(24)36)22-29(32(45)42-18-16-41(17-19-42)26-8-12-37-13-9-26)38-33(46)43-14-10-27(11-15-43)44-34(47)39-31(40-44)25-6-4-3-5-7-25/h3-9,12-13,20-21,27,29H,2,10-11,14-19,22,36H2,1H3,(H,38,46)(H,39,40,47)/t29-/m1/s1. The van der Waals surface area contributed by atoms with E-state index in [4.69, 9.17) is 17.3 Å². The van der Waals surface area contributed by atoms with E-state index in [0.717, 1.165) is 22.4 Å². The van der Waals surface area contributed by atoms with E-state index in [0.29, 0.717) is 75.1 Å². The molecule has 6 rings (SSSR count). The zero-order chi connectivity index (χ0) is 32.9. The van der Waals surface area contributed by atoms with Gasteiger partial charge in [-0.25, -0.2) is 14.3 Å². The van der Waals surface area contributed by atoms with Crippen LogP contribution in [0.1, 0.15) is 36.9 Å². The Morgan fingerprint density at radius 3 is 2.38 bits per heavy atom. The number of piperazine rings is 1. The third-order valence-corrected chi connectivity index (χ3v) is 9.41. The van der Waals surface area contributed by atoms with Gasteiger partial charge in [0.2, 0.25) is 5.91 Å². The molecular weight excluding hydrogens is 618 g/mol. The maximum absolute atomic E-state index is 14.0. The smallest absolute Gasteiger partial charge is 0.343 e. The Labute approximate surface area is 278 Å². The number of likely N-dealkylation sites (tertiary alicyclic amines) is 1. The first-order chi connectivity index (χ1) is 22.8. The number of rotatable bonds is 8. The summed E-state index contributed by atoms with van der Waals surface area (Å²) in [7, 11) is 0. The molecule has 0 radical (unpaired) electrons. The van der Waals surface area contributed by atoms with E-state index in [1.807, 2.05) is 60.4 Å². The number of nitrogens with two attached hydrogens (primary N) is 1. The minimum absolute atomic E-state index is 0.134. The number of nitrogens with one attached hydrogen (secondary N) is 2. The summed E-state index contributed by atoms with van der Waals surface area (Å²) in [6.45, 7) is 5.27. The van der Waals surface area contributed by atoms with Crippen molar-refractivity contribution >= 4 is 34.9 Å². The molecule has 13 heteroatoms. The molecular formula is C34H40ClN9O3. The number of hydrogen-bond donors (Lipinski definition) is 3. The van der Waals surface area contributed by atoms with Gasteiger partial charge in [0, 0.05) is 69.3 Å². The van der Waals surface area contributed by atoms with E-state index in [2.05, 4.69) is 25.3 Å². The van der Waals surface area contributed by atoms with Crippen molar-refractivity contribution in [3.63, 3.8) is 0 Å². The zero-order valence-electron chi connectivity index (χ0n) is 26.4. The van der Waals surface area contributed by atoms with E-state index in [-0.39, 0.29) is 30.1 Å². The number of urea groups is 1. The molecule has 2 aromatic carbocycles. The van der Waals surface area contributed by atoms with Gasteiger partial charge in [-0.2, -0.15) is 0 Å². The SMILES string of the molecule is CCc1cc(C[C@@H](NC(=O)N2CCC(n3nc(-c4ccccc4)[nH]c3=O)CC2)C(=O)N2CCN(c3ccncc3)CC2)cc(Cl)c1N. The number of aromatic amines is 1. The number of aromatic nitrogens is 4. The summed E-state index contributed by atoms with van der Waals surface area (Å²) < 4.78 is 1.49. The Balaban J connectivity index is 1.13. The van der Waals surface area contributed by atoms with E-state index < -0.39 is 6.04 Å². The van der Waals surface area contributed by atoms with Crippen LogP contribution in [-0.2, 0) is 17.6 Å². The van der Waals surface area contributed by atoms with Gasteiger partial charge in [0.05, 0.1) is 16.8 Å². The quantitative estimate of drug-likeness (QED) is 0.245. The predicted molar refractivity (Wildman–Crippen MR) is 182 cm³/mol. The molecule has 2 fully saturated rings. The number of halogens is 1. The third-order valence-electron chi connectivity index (χ3n) is 9.10. The minimum Gasteiger partial charge on any atom is -0.397 e. The van der Waals surface area contributed by atoms with Gasteiger partial charge >= 0.3 is 11.7 Å². The largest absolute Gasteiger partial charge is 0.397 e. The Kier molecular flexibility index (Phi) is 9.76. The van der Waals surface area contributed by atoms with Crippen molar-refractivity contribution in [2.45, 2.75) is 44.7 Å². The van der Waals surface area contributed by atoms with Crippen molar-refractivity contribution < 1.29 is 9.59 Å². The average molecular weight is 658 g/mol. The number of carbonyl (C=O) groups is 2. The number of amides is 3. The molecule has 12 nitrogen and oxygen atoms in total. The first-order valence-corrected chi connectivity index (χ1v) is 16.5. The van der Waals surface area contributed by atoms with Crippen LogP contribution in [0.25, 0.3) is 11.4 Å². The molecule has 2 aromatic heterocycles. The van der Waals surface area contributed by atoms with Gasteiger partial charge in [-0.15, -0.1) is 5.10 Å². The van der Waals surface area contributed by atoms with Crippen molar-refractivity contribution in [1.82, 2.24) is 34.9 Å². The highest BCUT2D eigenvalue weighted by molar-refractivity contribution is 6.33. The van der Waals surface area contributed by atoms with Gasteiger partial charge in [0.1, 0.15) is 6.04 Å². The average Bonchev–Trinajstić information content (AvgIpc) is 3.51. The molecule has 246 valence electrons. The Morgan fingerprint density at radius 2 is 1.70 bits per heavy atom. The molecule has 0 spiro atoms. The van der Waals surface area contributed by atoms with E-state index in [1.165, 1.54) is 4.68 Å². The molecule has 47 heavy (non-hydrogen) atoms. The fourth-order valence-electron chi connectivity index (χ4n) is 6.41. The fraction of sp³-hybridized carbons (Fsp3) is 0.382. The van der Waals surface area contributed by atoms with Gasteiger partial charge in [-0.1, -0.05) is 54.9 Å². The van der Waals surface area contributed by atoms with Crippen LogP contribution in [0.4, 0.5) is 16.2 Å². The number of H-pyrrole nitrogens is 1. The van der Waals surface area contributed by atoms with Crippen molar-refractivity contribution in [1.29, 1.82) is 0 Å². The second-order valence-electron chi connectivity index (χ2n) is 12.0. The molecule has 0 unspecified atom stereocenters. The molecule has 2 aliphatic heterocycles. The lowest BCUT2D eigenvalue weighted by Crippen LogP contribution is -2.57. The lowest BCUT2D eigenvalue weighted by Gasteiger charge is -2.38. The summed E-state index contributed by atoms with van der Waals surface area (Å²) in [5.74, 6) is 0.387. The second-order valence-corrected chi connectivity index (χ2v) is 12.4. The monoisotopic (exact) mass is 657 g/mol. The lowest BCUT2D eigenvalue weighted by atomic mass is 9.99. The van der Waals surface area contributed by atoms with Crippen LogP contribution >= 0.6 is 11.6 Å². The first kappa shape index (κ1) is 32.1. The number of benzene rings is 2. The predicted octanol–water partition coefficient (Wildman–Crippen LogP) is 3.74. The summed E-state index contributed by atoms with van der Waals surface area (Å²) in [5.41, 5.74) is 10.1. The zero-order valence-corrected chi connectivity index (χ0v) is 27.2. The van der Waals surface area contributed by atoms with Crippen LogP contribution in [0.15, 0.2) is 71.8 Å². The number of nitrogens with zero attached hydrogens (tertiary/aromatic N) is 6. The lowest BCUT2D eigenvalue weighted by molar-refractivity contribution is -0.133. The minimum atomic E-state index is -0.792. The van der Waals surface area contributed by atoms with Gasteiger partial charge in [0.25, 0.3) is 0 Å². The third kappa shape index (κ3) is 7.27. The van der Waals surface area contributed by atoms with Crippen LogP contribution in [0.3, 0.4) is 0 Å². The highest BCUT2D eigenvalue weighted by atomic mass is 35.5. The molecule has 4 heterocycles. The maximum Gasteiger partial charge on any atom is 0.343 e. The molecule has 0 aliphatic carbocycles. The van der Waals surface area contributed by atoms with Crippen molar-refractivity contribution in [3.05, 3.63) is 93.6 Å². The van der Waals surface area contributed by atoms with Crippen molar-refractivity contribution in [3.8, 4) is 11.4 Å². The number of hydrogen-bond acceptors (Lipinski definition) is 7. The summed E-state index contributed by atoms with van der Waals surface area (Å²) in [5, 5.41) is 8.04. The van der Waals surface area contributed by atoms with Crippen LogP contribution in [0.5, 0.6) is 0 Å². The van der Waals surface area contributed by atoms with Crippen LogP contribution < -0.4 is 21.6 Å². The first-order valence-electron chi connectivity index (χ1n) is 16.1. The fourth-order valence-corrected chi connectivity index (χ4v) is 6.67. The molecule has 0 bridgehead atoms. The molecule has 0 saturated carbocycles. The second kappa shape index (κ2) is 14.3. The van der Waals surface area contributed by atoms with E-state index in [9.17, 15) is 14.4 Å². The van der Waals surface area contributed by atoms with Crippen LogP contribution in [-0.4, -0.2) is 86.8 Å². The van der Waals surface area contributed by atoms with Gasteiger partial charge in [0.15, 0.2) is 5.82 Å². The molecule has 2 aliphatic rings. The number of anilines is 2. The number of aryl methyl sites for hydroxylation is 1. The number of piperidine rings is 1. The molecule has 4 N–H and O–H groups in total. The Bertz CT molecular complexity index is 1750. The molecule has 2 saturated heterocycles. The van der Waals surface area contributed by atoms with E-state index in [1.54, 1.807) is 23.4 Å². The Hall–Kier alpha value is -4.84. The van der Waals surface area contributed by atoms with Gasteiger partial charge in [-0.3, -0.25) is 14.8 Å². The summed E-state index contributed by atoms with van der Waals surface area (Å²) in [6.07, 6.45) is 5.63. The van der Waals surface area contributed by atoms with E-state index >= 15 is 0 Å². The molecule has 3 amide bonds. The number of nitrogen functional groups attached to an aromatic ring is 1. The van der Waals surface area contributed by atoms with Crippen molar-refractivity contribution in [2.24, 2.45) is 0 Å². The summed E-state index contributed by atoms with van der Waals surface area (Å²) in [6, 6.07) is 15.9. The molecule has 1 atom stereocenters. The highest BCUT2D eigenvalue weighted by Gasteiger charge is 2.32. The van der Waals surface area contributed by atoms with Gasteiger partial charge in [-0.05, 0) is 48.6 Å². The summed E-state index contributed by atoms with van der Waals surface area (Å²) >= 11 is 6.47. The Morgan fingerprint density at radius 1 is 1.00 bits per heavy atom. The molecule has 4 aromatic rings. The topological polar surface area (TPSA) is 145 Å². The van der Waals surface area contributed by atoms with Crippen LogP contribution in [0, 0.1) is 0 Å². The summed E-state index contributed by atoms with van der Waals surface area (Å²) in [4.78, 5) is 53.1. The number of pyridine rings is 1. The maximum atomic E-state index is 14.0. The highest BCUT2D eigenvalue weighted by Crippen LogP contribution is 2.27. The van der Waals surface area contributed by atoms with Gasteiger partial charge < -0.3 is 25.8 Å².